The van der Waals surface area contributed by atoms with Crippen LogP contribution in [0.15, 0.2) is 24.3 Å². The zero-order valence-corrected chi connectivity index (χ0v) is 10.9. The molecule has 1 unspecified atom stereocenters. The van der Waals surface area contributed by atoms with Crippen LogP contribution in [0.2, 0.25) is 0 Å². The van der Waals surface area contributed by atoms with Gasteiger partial charge in [0.15, 0.2) is 0 Å². The molecule has 0 spiro atoms. The van der Waals surface area contributed by atoms with E-state index >= 15 is 0 Å². The molecule has 1 heterocycles. The van der Waals surface area contributed by atoms with E-state index in [1.807, 2.05) is 0 Å². The van der Waals surface area contributed by atoms with Gasteiger partial charge in [-0.05, 0) is 37.8 Å². The number of anilines is 1. The first-order valence-electron chi connectivity index (χ1n) is 6.56. The number of nitrogens with zero attached hydrogens (tertiary/aromatic N) is 1. The topological polar surface area (TPSA) is 58.4 Å². The van der Waals surface area contributed by atoms with Crippen LogP contribution in [-0.2, 0) is 11.2 Å². The summed E-state index contributed by atoms with van der Waals surface area (Å²) in [4.78, 5) is 13.6. The van der Waals surface area contributed by atoms with Crippen molar-refractivity contribution in [1.82, 2.24) is 5.43 Å². The highest BCUT2D eigenvalue weighted by Crippen LogP contribution is 2.29. The van der Waals surface area contributed by atoms with Gasteiger partial charge in [-0.1, -0.05) is 18.2 Å². The van der Waals surface area contributed by atoms with Crippen molar-refractivity contribution >= 4 is 11.6 Å². The maximum atomic E-state index is 11.2. The minimum absolute atomic E-state index is 0.0906. The van der Waals surface area contributed by atoms with E-state index in [1.54, 1.807) is 0 Å². The van der Waals surface area contributed by atoms with Gasteiger partial charge in [0.05, 0.1) is 0 Å². The van der Waals surface area contributed by atoms with E-state index in [0.717, 1.165) is 19.4 Å². The SMILES string of the molecule is CC(CCC(=O)NN)N1CCCc2ccccc21. The number of rotatable bonds is 4. The molecule has 0 aliphatic carbocycles. The van der Waals surface area contributed by atoms with Crippen molar-refractivity contribution in [2.75, 3.05) is 11.4 Å². The molecule has 0 radical (unpaired) electrons. The first-order valence-corrected chi connectivity index (χ1v) is 6.56. The van der Waals surface area contributed by atoms with Crippen LogP contribution in [0.1, 0.15) is 31.7 Å². The largest absolute Gasteiger partial charge is 0.369 e. The third kappa shape index (κ3) is 2.82. The average molecular weight is 247 g/mol. The Balaban J connectivity index is 2.03. The van der Waals surface area contributed by atoms with Crippen molar-refractivity contribution in [1.29, 1.82) is 0 Å². The minimum Gasteiger partial charge on any atom is -0.369 e. The second kappa shape index (κ2) is 5.87. The predicted molar refractivity (Wildman–Crippen MR) is 73.1 cm³/mol. The fourth-order valence-corrected chi connectivity index (χ4v) is 2.59. The van der Waals surface area contributed by atoms with Gasteiger partial charge in [-0.3, -0.25) is 10.2 Å². The van der Waals surface area contributed by atoms with Crippen molar-refractivity contribution in [3.63, 3.8) is 0 Å². The zero-order chi connectivity index (χ0) is 13.0. The molecule has 0 saturated carbocycles. The number of hydrogen-bond donors (Lipinski definition) is 2. The van der Waals surface area contributed by atoms with E-state index < -0.39 is 0 Å². The second-order valence-electron chi connectivity index (χ2n) is 4.88. The molecule has 2 rings (SSSR count). The number of benzene rings is 1. The first kappa shape index (κ1) is 12.9. The molecule has 4 heteroatoms. The summed E-state index contributed by atoms with van der Waals surface area (Å²) in [6, 6.07) is 8.91. The molecule has 1 atom stereocenters. The standard InChI is InChI=1S/C14H21N3O/c1-11(8-9-14(18)16-15)17-10-4-6-12-5-2-3-7-13(12)17/h2-3,5,7,11H,4,6,8-10,15H2,1H3,(H,16,18). The molecule has 0 aromatic heterocycles. The van der Waals surface area contributed by atoms with Gasteiger partial charge in [0.1, 0.15) is 0 Å². The lowest BCUT2D eigenvalue weighted by molar-refractivity contribution is -0.121. The first-order chi connectivity index (χ1) is 8.72. The van der Waals surface area contributed by atoms with E-state index in [-0.39, 0.29) is 5.91 Å². The highest BCUT2D eigenvalue weighted by Gasteiger charge is 2.21. The van der Waals surface area contributed by atoms with Gasteiger partial charge < -0.3 is 4.90 Å². The number of aryl methyl sites for hydroxylation is 1. The van der Waals surface area contributed by atoms with Crippen LogP contribution in [0.3, 0.4) is 0 Å². The van der Waals surface area contributed by atoms with E-state index in [2.05, 4.69) is 41.5 Å². The van der Waals surface area contributed by atoms with Crippen molar-refractivity contribution < 1.29 is 4.79 Å². The molecule has 3 N–H and O–H groups in total. The predicted octanol–water partition coefficient (Wildman–Crippen LogP) is 1.60. The van der Waals surface area contributed by atoms with Crippen LogP contribution in [-0.4, -0.2) is 18.5 Å². The van der Waals surface area contributed by atoms with Crippen molar-refractivity contribution in [2.24, 2.45) is 5.84 Å². The van der Waals surface area contributed by atoms with Crippen LogP contribution in [0, 0.1) is 0 Å². The lowest BCUT2D eigenvalue weighted by Crippen LogP contribution is -2.38. The van der Waals surface area contributed by atoms with Crippen LogP contribution < -0.4 is 16.2 Å². The van der Waals surface area contributed by atoms with Gasteiger partial charge in [-0.2, -0.15) is 0 Å². The molecule has 4 nitrogen and oxygen atoms in total. The van der Waals surface area contributed by atoms with Crippen LogP contribution >= 0.6 is 0 Å². The molecular weight excluding hydrogens is 226 g/mol. The molecule has 0 bridgehead atoms. The van der Waals surface area contributed by atoms with Crippen molar-refractivity contribution in [2.45, 2.75) is 38.6 Å². The monoisotopic (exact) mass is 247 g/mol. The van der Waals surface area contributed by atoms with Gasteiger partial charge in [-0.15, -0.1) is 0 Å². The number of hydrazine groups is 1. The number of para-hydroxylation sites is 1. The van der Waals surface area contributed by atoms with Crippen LogP contribution in [0.5, 0.6) is 0 Å². The van der Waals surface area contributed by atoms with Gasteiger partial charge in [0.2, 0.25) is 5.91 Å². The number of carbonyl (C=O) groups is 1. The molecule has 98 valence electrons. The number of fused-ring (bicyclic) bond motifs is 1. The van der Waals surface area contributed by atoms with Gasteiger partial charge in [0, 0.05) is 24.7 Å². The Bertz CT molecular complexity index is 419. The Morgan fingerprint density at radius 3 is 3.06 bits per heavy atom. The van der Waals surface area contributed by atoms with E-state index in [4.69, 9.17) is 5.84 Å². The molecule has 1 amide bonds. The van der Waals surface area contributed by atoms with Crippen molar-refractivity contribution in [3.05, 3.63) is 29.8 Å². The summed E-state index contributed by atoms with van der Waals surface area (Å²) in [7, 11) is 0. The Labute approximate surface area is 108 Å². The zero-order valence-electron chi connectivity index (χ0n) is 10.9. The summed E-state index contributed by atoms with van der Waals surface area (Å²) in [5.41, 5.74) is 4.92. The molecule has 1 aliphatic heterocycles. The molecule has 1 aliphatic rings. The molecule has 0 saturated heterocycles. The van der Waals surface area contributed by atoms with E-state index in [1.165, 1.54) is 17.7 Å². The highest BCUT2D eigenvalue weighted by molar-refractivity contribution is 5.75. The number of nitrogens with two attached hydrogens (primary N) is 1. The lowest BCUT2D eigenvalue weighted by atomic mass is 9.99. The van der Waals surface area contributed by atoms with E-state index in [9.17, 15) is 4.79 Å². The number of hydrogen-bond acceptors (Lipinski definition) is 3. The van der Waals surface area contributed by atoms with Crippen LogP contribution in [0.25, 0.3) is 0 Å². The Hall–Kier alpha value is -1.55. The van der Waals surface area contributed by atoms with Gasteiger partial charge >= 0.3 is 0 Å². The molecule has 0 fully saturated rings. The highest BCUT2D eigenvalue weighted by atomic mass is 16.2. The Kier molecular flexibility index (Phi) is 4.20. The number of carbonyl (C=O) groups excluding carboxylic acids is 1. The maximum Gasteiger partial charge on any atom is 0.233 e. The maximum absolute atomic E-state index is 11.2. The fraction of sp³-hybridized carbons (Fsp3) is 0.500. The molecule has 1 aromatic carbocycles. The number of nitrogens with one attached hydrogen (secondary N) is 1. The van der Waals surface area contributed by atoms with E-state index in [0.29, 0.717) is 12.5 Å². The Morgan fingerprint density at radius 2 is 2.28 bits per heavy atom. The summed E-state index contributed by atoms with van der Waals surface area (Å²) in [5, 5.41) is 0. The van der Waals surface area contributed by atoms with Crippen LogP contribution in [0.4, 0.5) is 5.69 Å². The minimum atomic E-state index is -0.0906. The Morgan fingerprint density at radius 1 is 1.50 bits per heavy atom. The smallest absolute Gasteiger partial charge is 0.233 e. The molecule has 1 aromatic rings. The quantitative estimate of drug-likeness (QED) is 0.482. The summed E-state index contributed by atoms with van der Waals surface area (Å²) < 4.78 is 0. The second-order valence-corrected chi connectivity index (χ2v) is 4.88. The molecule has 18 heavy (non-hydrogen) atoms. The summed E-state index contributed by atoms with van der Waals surface area (Å²) in [6.07, 6.45) is 3.65. The van der Waals surface area contributed by atoms with Gasteiger partial charge in [-0.25, -0.2) is 5.84 Å². The fourth-order valence-electron chi connectivity index (χ4n) is 2.59. The summed E-state index contributed by atoms with van der Waals surface area (Å²) in [5.74, 6) is 5.01. The molecular formula is C14H21N3O. The normalized spacial score (nSPS) is 16.0. The third-order valence-corrected chi connectivity index (χ3v) is 3.63. The lowest BCUT2D eigenvalue weighted by Gasteiger charge is -2.36. The third-order valence-electron chi connectivity index (χ3n) is 3.63. The average Bonchev–Trinajstić information content (AvgIpc) is 2.43. The summed E-state index contributed by atoms with van der Waals surface area (Å²) in [6.45, 7) is 3.24. The number of amides is 1. The summed E-state index contributed by atoms with van der Waals surface area (Å²) >= 11 is 0. The van der Waals surface area contributed by atoms with Gasteiger partial charge in [0.25, 0.3) is 0 Å². The van der Waals surface area contributed by atoms with Crippen molar-refractivity contribution in [3.8, 4) is 0 Å².